The number of hydrogen-bond donors (Lipinski definition) is 0. The number of aromatic nitrogens is 2. The van der Waals surface area contributed by atoms with Crippen LogP contribution < -0.4 is 0 Å². The molecular weight excluding hydrogens is 374 g/mol. The molecule has 1 aliphatic rings. The molecule has 0 amide bonds. The highest BCUT2D eigenvalue weighted by Gasteiger charge is 2.20. The molecular formula is C25H27N3O2. The van der Waals surface area contributed by atoms with Crippen molar-refractivity contribution in [3.63, 3.8) is 0 Å². The SMILES string of the molecule is c1ccc(CCN2CCC(CCc3noc4cc(-c5ncco5)ccc34)CC2)cc1. The zero-order valence-electron chi connectivity index (χ0n) is 17.2. The van der Waals surface area contributed by atoms with Gasteiger partial charge in [0.1, 0.15) is 6.26 Å². The van der Waals surface area contributed by atoms with Crippen molar-refractivity contribution in [2.45, 2.75) is 32.1 Å². The lowest BCUT2D eigenvalue weighted by molar-refractivity contribution is 0.180. The second kappa shape index (κ2) is 8.84. The van der Waals surface area contributed by atoms with Crippen LogP contribution in [0.2, 0.25) is 0 Å². The summed E-state index contributed by atoms with van der Waals surface area (Å²) in [4.78, 5) is 6.81. The average molecular weight is 402 g/mol. The first-order valence-corrected chi connectivity index (χ1v) is 10.9. The minimum atomic E-state index is 0.605. The smallest absolute Gasteiger partial charge is 0.225 e. The van der Waals surface area contributed by atoms with Gasteiger partial charge >= 0.3 is 0 Å². The van der Waals surface area contributed by atoms with Crippen LogP contribution in [0.25, 0.3) is 22.4 Å². The summed E-state index contributed by atoms with van der Waals surface area (Å²) in [5.41, 5.74) is 4.22. The van der Waals surface area contributed by atoms with Gasteiger partial charge in [0.25, 0.3) is 0 Å². The second-order valence-electron chi connectivity index (χ2n) is 8.24. The third kappa shape index (κ3) is 4.31. The molecule has 3 heterocycles. The van der Waals surface area contributed by atoms with Crippen LogP contribution in [0.4, 0.5) is 0 Å². The molecule has 2 aromatic carbocycles. The Morgan fingerprint density at radius 1 is 1.00 bits per heavy atom. The van der Waals surface area contributed by atoms with Gasteiger partial charge in [0, 0.05) is 17.5 Å². The van der Waals surface area contributed by atoms with Crippen molar-refractivity contribution < 1.29 is 8.94 Å². The summed E-state index contributed by atoms with van der Waals surface area (Å²) in [5, 5.41) is 5.45. The lowest BCUT2D eigenvalue weighted by Gasteiger charge is -2.31. The fourth-order valence-corrected chi connectivity index (χ4v) is 4.44. The number of likely N-dealkylation sites (tertiary alicyclic amines) is 1. The predicted molar refractivity (Wildman–Crippen MR) is 117 cm³/mol. The molecule has 2 aromatic heterocycles. The van der Waals surface area contributed by atoms with E-state index >= 15 is 0 Å². The molecule has 0 N–H and O–H groups in total. The molecule has 30 heavy (non-hydrogen) atoms. The molecule has 4 aromatic rings. The van der Waals surface area contributed by atoms with Gasteiger partial charge in [-0.2, -0.15) is 0 Å². The average Bonchev–Trinajstić information content (AvgIpc) is 3.47. The molecule has 5 nitrogen and oxygen atoms in total. The van der Waals surface area contributed by atoms with Crippen molar-refractivity contribution in [1.82, 2.24) is 15.0 Å². The summed E-state index contributed by atoms with van der Waals surface area (Å²) >= 11 is 0. The van der Waals surface area contributed by atoms with Gasteiger partial charge in [-0.3, -0.25) is 0 Å². The van der Waals surface area contributed by atoms with Crippen molar-refractivity contribution in [3.8, 4) is 11.5 Å². The molecule has 5 rings (SSSR count). The van der Waals surface area contributed by atoms with Gasteiger partial charge in [0.05, 0.1) is 11.9 Å². The van der Waals surface area contributed by atoms with Crippen molar-refractivity contribution in [2.75, 3.05) is 19.6 Å². The number of fused-ring (bicyclic) bond motifs is 1. The standard InChI is InChI=1S/C25H27N3O2/c1-2-4-19(5-3-1)10-14-28-15-11-20(12-16-28)6-9-23-22-8-7-21(18-24(22)30-27-23)25-26-13-17-29-25/h1-5,7-8,13,17-18,20H,6,9-12,14-16H2. The fourth-order valence-electron chi connectivity index (χ4n) is 4.44. The Balaban J connectivity index is 1.12. The van der Waals surface area contributed by atoms with Gasteiger partial charge in [0.2, 0.25) is 5.89 Å². The molecule has 0 bridgehead atoms. The molecule has 0 unspecified atom stereocenters. The molecule has 0 aliphatic carbocycles. The van der Waals surface area contributed by atoms with Crippen molar-refractivity contribution in [2.24, 2.45) is 5.92 Å². The van der Waals surface area contributed by atoms with Crippen molar-refractivity contribution in [1.29, 1.82) is 0 Å². The number of aryl methyl sites for hydroxylation is 1. The maximum atomic E-state index is 5.59. The summed E-state index contributed by atoms with van der Waals surface area (Å²) < 4.78 is 11.0. The quantitative estimate of drug-likeness (QED) is 0.417. The van der Waals surface area contributed by atoms with Gasteiger partial charge in [-0.1, -0.05) is 35.5 Å². The molecule has 0 atom stereocenters. The Morgan fingerprint density at radius 3 is 2.67 bits per heavy atom. The minimum Gasteiger partial charge on any atom is -0.445 e. The van der Waals surface area contributed by atoms with E-state index in [1.165, 1.54) is 37.9 Å². The normalized spacial score (nSPS) is 15.7. The van der Waals surface area contributed by atoms with E-state index in [1.54, 1.807) is 12.5 Å². The highest BCUT2D eigenvalue weighted by molar-refractivity contribution is 5.83. The number of hydrogen-bond acceptors (Lipinski definition) is 5. The van der Waals surface area contributed by atoms with Gasteiger partial charge in [-0.25, -0.2) is 4.98 Å². The van der Waals surface area contributed by atoms with Gasteiger partial charge in [-0.05, 0) is 74.9 Å². The molecule has 0 radical (unpaired) electrons. The Morgan fingerprint density at radius 2 is 1.87 bits per heavy atom. The molecule has 0 spiro atoms. The van der Waals surface area contributed by atoms with E-state index in [1.807, 2.05) is 12.1 Å². The van der Waals surface area contributed by atoms with Crippen LogP contribution >= 0.6 is 0 Å². The van der Waals surface area contributed by atoms with E-state index in [0.717, 1.165) is 47.5 Å². The number of piperidine rings is 1. The van der Waals surface area contributed by atoms with E-state index in [2.05, 4.69) is 51.4 Å². The van der Waals surface area contributed by atoms with Crippen LogP contribution in [0.3, 0.4) is 0 Å². The number of rotatable bonds is 7. The van der Waals surface area contributed by atoms with E-state index in [9.17, 15) is 0 Å². The third-order valence-electron chi connectivity index (χ3n) is 6.28. The van der Waals surface area contributed by atoms with Crippen LogP contribution in [0.5, 0.6) is 0 Å². The molecule has 1 aliphatic heterocycles. The first-order chi connectivity index (χ1) is 14.8. The first kappa shape index (κ1) is 19.1. The van der Waals surface area contributed by atoms with Crippen LogP contribution in [0.15, 0.2) is 69.9 Å². The van der Waals surface area contributed by atoms with Crippen LogP contribution in [-0.2, 0) is 12.8 Å². The Labute approximate surface area is 176 Å². The number of benzene rings is 2. The van der Waals surface area contributed by atoms with E-state index in [0.29, 0.717) is 5.89 Å². The molecule has 5 heteroatoms. The molecule has 0 saturated carbocycles. The van der Waals surface area contributed by atoms with Gasteiger partial charge in [0.15, 0.2) is 5.58 Å². The van der Waals surface area contributed by atoms with Crippen molar-refractivity contribution >= 4 is 11.0 Å². The fraction of sp³-hybridized carbons (Fsp3) is 0.360. The van der Waals surface area contributed by atoms with Crippen LogP contribution in [0.1, 0.15) is 30.5 Å². The highest BCUT2D eigenvalue weighted by atomic mass is 16.5. The summed E-state index contributed by atoms with van der Waals surface area (Å²) in [6.45, 7) is 3.57. The maximum absolute atomic E-state index is 5.59. The predicted octanol–water partition coefficient (Wildman–Crippen LogP) is 5.37. The monoisotopic (exact) mass is 401 g/mol. The summed E-state index contributed by atoms with van der Waals surface area (Å²) in [6.07, 6.45) is 9.08. The van der Waals surface area contributed by atoms with E-state index < -0.39 is 0 Å². The van der Waals surface area contributed by atoms with Crippen LogP contribution in [-0.4, -0.2) is 34.7 Å². The number of nitrogens with zero attached hydrogens (tertiary/aromatic N) is 3. The Kier molecular flexibility index (Phi) is 5.62. The molecule has 1 fully saturated rings. The molecule has 1 saturated heterocycles. The summed E-state index contributed by atoms with van der Waals surface area (Å²) in [5.74, 6) is 1.38. The summed E-state index contributed by atoms with van der Waals surface area (Å²) in [6, 6.07) is 16.9. The summed E-state index contributed by atoms with van der Waals surface area (Å²) in [7, 11) is 0. The third-order valence-corrected chi connectivity index (χ3v) is 6.28. The lowest BCUT2D eigenvalue weighted by atomic mass is 9.91. The highest BCUT2D eigenvalue weighted by Crippen LogP contribution is 2.28. The van der Waals surface area contributed by atoms with Gasteiger partial charge < -0.3 is 13.8 Å². The minimum absolute atomic E-state index is 0.605. The van der Waals surface area contributed by atoms with Crippen LogP contribution in [0, 0.1) is 5.92 Å². The van der Waals surface area contributed by atoms with Crippen molar-refractivity contribution in [3.05, 3.63) is 72.2 Å². The Hall–Kier alpha value is -2.92. The zero-order valence-corrected chi connectivity index (χ0v) is 17.2. The zero-order chi connectivity index (χ0) is 20.2. The Bertz CT molecular complexity index is 1060. The lowest BCUT2D eigenvalue weighted by Crippen LogP contribution is -2.35. The van der Waals surface area contributed by atoms with E-state index in [-0.39, 0.29) is 0 Å². The second-order valence-corrected chi connectivity index (χ2v) is 8.24. The topological polar surface area (TPSA) is 55.3 Å². The molecule has 154 valence electrons. The van der Waals surface area contributed by atoms with E-state index in [4.69, 9.17) is 8.94 Å². The number of oxazole rings is 1. The largest absolute Gasteiger partial charge is 0.445 e. The maximum Gasteiger partial charge on any atom is 0.225 e. The van der Waals surface area contributed by atoms with Gasteiger partial charge in [-0.15, -0.1) is 0 Å². The first-order valence-electron chi connectivity index (χ1n) is 10.9.